The molecule has 6 heteroatoms. The van der Waals surface area contributed by atoms with Gasteiger partial charge in [0.1, 0.15) is 5.82 Å². The molecule has 2 rings (SSSR count). The molecule has 1 aliphatic carbocycles. The van der Waals surface area contributed by atoms with E-state index in [-0.39, 0.29) is 5.75 Å². The van der Waals surface area contributed by atoms with E-state index >= 15 is 0 Å². The molecule has 16 heavy (non-hydrogen) atoms. The summed E-state index contributed by atoms with van der Waals surface area (Å²) in [5, 5.41) is 17.6. The van der Waals surface area contributed by atoms with Crippen LogP contribution < -0.4 is 0 Å². The Morgan fingerprint density at radius 2 is 2.31 bits per heavy atom. The second kappa shape index (κ2) is 4.86. The maximum atomic E-state index is 10.5. The lowest BCUT2D eigenvalue weighted by Crippen LogP contribution is -2.05. The molecule has 0 amide bonds. The molecule has 1 aromatic heterocycles. The van der Waals surface area contributed by atoms with Crippen LogP contribution in [0.4, 0.5) is 0 Å². The number of carboxylic acids is 1. The van der Waals surface area contributed by atoms with E-state index in [1.165, 1.54) is 11.8 Å². The number of hydrogen-bond donors (Lipinski definition) is 1. The van der Waals surface area contributed by atoms with E-state index in [0.717, 1.165) is 36.7 Å². The number of carbonyl (C=O) groups is 1. The number of hydrogen-bond acceptors (Lipinski definition) is 4. The number of carboxylic acid groups (broad SMARTS) is 1. The van der Waals surface area contributed by atoms with E-state index in [0.29, 0.717) is 6.04 Å². The molecule has 0 atom stereocenters. The highest BCUT2D eigenvalue weighted by atomic mass is 32.2. The average molecular weight is 241 g/mol. The summed E-state index contributed by atoms with van der Waals surface area (Å²) in [6.45, 7) is 2.11. The van der Waals surface area contributed by atoms with E-state index in [2.05, 4.69) is 21.7 Å². The Morgan fingerprint density at radius 3 is 2.88 bits per heavy atom. The molecule has 0 aromatic carbocycles. The molecule has 1 N–H and O–H groups in total. The number of rotatable bonds is 6. The molecule has 0 unspecified atom stereocenters. The minimum absolute atomic E-state index is 0.0526. The van der Waals surface area contributed by atoms with E-state index < -0.39 is 5.97 Å². The quantitative estimate of drug-likeness (QED) is 0.768. The number of aliphatic carboxylic acids is 1. The zero-order valence-corrected chi connectivity index (χ0v) is 10.0. The predicted octanol–water partition coefficient (Wildman–Crippen LogP) is 1.74. The molecule has 0 bridgehead atoms. The Kier molecular flexibility index (Phi) is 3.48. The summed E-state index contributed by atoms with van der Waals surface area (Å²) < 4.78 is 2.12. The fourth-order valence-corrected chi connectivity index (χ4v) is 2.37. The minimum atomic E-state index is -0.813. The van der Waals surface area contributed by atoms with Crippen molar-refractivity contribution in [3.63, 3.8) is 0 Å². The Morgan fingerprint density at radius 1 is 1.56 bits per heavy atom. The van der Waals surface area contributed by atoms with Gasteiger partial charge in [0.2, 0.25) is 0 Å². The van der Waals surface area contributed by atoms with Crippen LogP contribution in [0.1, 0.15) is 38.1 Å². The topological polar surface area (TPSA) is 68.0 Å². The maximum absolute atomic E-state index is 10.5. The number of aromatic nitrogens is 3. The Bertz CT molecular complexity index is 387. The van der Waals surface area contributed by atoms with Crippen molar-refractivity contribution in [1.29, 1.82) is 0 Å². The minimum Gasteiger partial charge on any atom is -0.481 e. The van der Waals surface area contributed by atoms with Crippen LogP contribution in [0.5, 0.6) is 0 Å². The van der Waals surface area contributed by atoms with E-state index in [4.69, 9.17) is 5.11 Å². The number of nitrogens with zero attached hydrogens (tertiary/aromatic N) is 3. The zero-order chi connectivity index (χ0) is 11.5. The third-order valence-electron chi connectivity index (χ3n) is 2.45. The van der Waals surface area contributed by atoms with Crippen LogP contribution in [0.3, 0.4) is 0 Å². The van der Waals surface area contributed by atoms with Crippen molar-refractivity contribution >= 4 is 17.7 Å². The van der Waals surface area contributed by atoms with Crippen molar-refractivity contribution in [1.82, 2.24) is 14.8 Å². The summed E-state index contributed by atoms with van der Waals surface area (Å²) >= 11 is 1.26. The van der Waals surface area contributed by atoms with E-state index in [1.54, 1.807) is 0 Å². The van der Waals surface area contributed by atoms with Crippen LogP contribution in [0.15, 0.2) is 5.16 Å². The van der Waals surface area contributed by atoms with Gasteiger partial charge in [-0.15, -0.1) is 10.2 Å². The summed E-state index contributed by atoms with van der Waals surface area (Å²) in [5.41, 5.74) is 0. The zero-order valence-electron chi connectivity index (χ0n) is 9.22. The molecule has 1 fully saturated rings. The first-order chi connectivity index (χ1) is 7.72. The Hall–Kier alpha value is -1.04. The van der Waals surface area contributed by atoms with Crippen LogP contribution >= 0.6 is 11.8 Å². The molecule has 1 saturated carbocycles. The van der Waals surface area contributed by atoms with Gasteiger partial charge in [0.05, 0.1) is 5.75 Å². The normalized spacial score (nSPS) is 15.3. The van der Waals surface area contributed by atoms with Crippen molar-refractivity contribution in [2.75, 3.05) is 5.75 Å². The highest BCUT2D eigenvalue weighted by Crippen LogP contribution is 2.38. The first kappa shape index (κ1) is 11.4. The van der Waals surface area contributed by atoms with Gasteiger partial charge < -0.3 is 9.67 Å². The Balaban J connectivity index is 2.13. The Labute approximate surface area is 98.3 Å². The van der Waals surface area contributed by atoms with Crippen LogP contribution in [-0.2, 0) is 11.2 Å². The van der Waals surface area contributed by atoms with Crippen molar-refractivity contribution in [3.8, 4) is 0 Å². The lowest BCUT2D eigenvalue weighted by atomic mass is 10.3. The molecule has 1 heterocycles. The molecule has 0 saturated heterocycles. The van der Waals surface area contributed by atoms with Crippen LogP contribution in [-0.4, -0.2) is 31.6 Å². The monoisotopic (exact) mass is 241 g/mol. The maximum Gasteiger partial charge on any atom is 0.313 e. The van der Waals surface area contributed by atoms with Crippen molar-refractivity contribution < 1.29 is 9.90 Å². The molecule has 0 aliphatic heterocycles. The summed E-state index contributed by atoms with van der Waals surface area (Å²) in [6, 6.07) is 0.507. The highest BCUT2D eigenvalue weighted by Gasteiger charge is 2.29. The van der Waals surface area contributed by atoms with Gasteiger partial charge in [0.15, 0.2) is 5.16 Å². The molecular formula is C10H15N3O2S. The van der Waals surface area contributed by atoms with Crippen molar-refractivity contribution in [3.05, 3.63) is 5.82 Å². The van der Waals surface area contributed by atoms with E-state index in [9.17, 15) is 4.79 Å². The SMILES string of the molecule is CCCc1nnc(SCC(=O)O)n1C1CC1. The fourth-order valence-electron chi connectivity index (χ4n) is 1.63. The van der Waals surface area contributed by atoms with Crippen LogP contribution in [0.25, 0.3) is 0 Å². The molecule has 1 aromatic rings. The first-order valence-electron chi connectivity index (χ1n) is 5.50. The van der Waals surface area contributed by atoms with Gasteiger partial charge in [-0.1, -0.05) is 18.7 Å². The van der Waals surface area contributed by atoms with Gasteiger partial charge in [-0.25, -0.2) is 0 Å². The largest absolute Gasteiger partial charge is 0.481 e. The summed E-state index contributed by atoms with van der Waals surface area (Å²) in [5.74, 6) is 0.238. The molecule has 0 radical (unpaired) electrons. The van der Waals surface area contributed by atoms with Crippen molar-refractivity contribution in [2.45, 2.75) is 43.8 Å². The van der Waals surface area contributed by atoms with Gasteiger partial charge in [0, 0.05) is 12.5 Å². The third-order valence-corrected chi connectivity index (χ3v) is 3.37. The van der Waals surface area contributed by atoms with Crippen molar-refractivity contribution in [2.24, 2.45) is 0 Å². The predicted molar refractivity (Wildman–Crippen MR) is 60.6 cm³/mol. The smallest absolute Gasteiger partial charge is 0.313 e. The summed E-state index contributed by atoms with van der Waals surface area (Å²) in [7, 11) is 0. The van der Waals surface area contributed by atoms with Crippen LogP contribution in [0.2, 0.25) is 0 Å². The molecule has 5 nitrogen and oxygen atoms in total. The summed E-state index contributed by atoms with van der Waals surface area (Å²) in [4.78, 5) is 10.5. The van der Waals surface area contributed by atoms with Gasteiger partial charge >= 0.3 is 5.97 Å². The molecule has 88 valence electrons. The third kappa shape index (κ3) is 2.55. The van der Waals surface area contributed by atoms with Gasteiger partial charge in [-0.2, -0.15) is 0 Å². The summed E-state index contributed by atoms with van der Waals surface area (Å²) in [6.07, 6.45) is 4.27. The van der Waals surface area contributed by atoms with Gasteiger partial charge in [-0.05, 0) is 19.3 Å². The van der Waals surface area contributed by atoms with Crippen LogP contribution in [0, 0.1) is 0 Å². The molecule has 0 spiro atoms. The number of thioether (sulfide) groups is 1. The average Bonchev–Trinajstić information content (AvgIpc) is 2.99. The second-order valence-electron chi connectivity index (χ2n) is 3.93. The fraction of sp³-hybridized carbons (Fsp3) is 0.700. The lowest BCUT2D eigenvalue weighted by molar-refractivity contribution is -0.133. The number of aryl methyl sites for hydroxylation is 1. The second-order valence-corrected chi connectivity index (χ2v) is 4.87. The molecule has 1 aliphatic rings. The van der Waals surface area contributed by atoms with Gasteiger partial charge in [-0.3, -0.25) is 4.79 Å². The highest BCUT2D eigenvalue weighted by molar-refractivity contribution is 7.99. The van der Waals surface area contributed by atoms with E-state index in [1.807, 2.05) is 0 Å². The molecular weight excluding hydrogens is 226 g/mol. The standard InChI is InChI=1S/C10H15N3O2S/c1-2-3-8-11-12-10(16-6-9(14)15)13(8)7-4-5-7/h7H,2-6H2,1H3,(H,14,15). The van der Waals surface area contributed by atoms with Gasteiger partial charge in [0.25, 0.3) is 0 Å². The lowest BCUT2D eigenvalue weighted by Gasteiger charge is -2.06. The first-order valence-corrected chi connectivity index (χ1v) is 6.49.